The summed E-state index contributed by atoms with van der Waals surface area (Å²) in [4.78, 5) is 29.8. The van der Waals surface area contributed by atoms with E-state index >= 15 is 0 Å². The van der Waals surface area contributed by atoms with Crippen molar-refractivity contribution in [1.82, 2.24) is 18.7 Å². The van der Waals surface area contributed by atoms with E-state index in [1.54, 1.807) is 12.1 Å². The molecule has 0 radical (unpaired) electrons. The number of aliphatic hydroxyl groups is 1. The van der Waals surface area contributed by atoms with Crippen LogP contribution in [0.5, 0.6) is 11.5 Å². The molecule has 4 aromatic rings. The molecule has 0 spiro atoms. The second-order valence-electron chi connectivity index (χ2n) is 7.87. The maximum atomic E-state index is 12.9. The van der Waals surface area contributed by atoms with Crippen LogP contribution in [0.25, 0.3) is 11.2 Å². The number of aromatic hydroxyl groups is 1. The first kappa shape index (κ1) is 22.2. The van der Waals surface area contributed by atoms with Crippen molar-refractivity contribution in [3.8, 4) is 11.5 Å². The first-order valence-electron chi connectivity index (χ1n) is 10.3. The highest BCUT2D eigenvalue weighted by Gasteiger charge is 2.21. The number of benzene rings is 2. The molecule has 0 saturated heterocycles. The van der Waals surface area contributed by atoms with Gasteiger partial charge in [-0.25, -0.2) is 4.79 Å². The number of rotatable bonds is 7. The monoisotopic (exact) mass is 451 g/mol. The van der Waals surface area contributed by atoms with Gasteiger partial charge in [0, 0.05) is 19.8 Å². The van der Waals surface area contributed by atoms with Crippen LogP contribution in [0.4, 0.5) is 11.6 Å². The van der Waals surface area contributed by atoms with Crippen LogP contribution in [0.15, 0.2) is 58.1 Å². The number of nitrogens with one attached hydrogen (secondary N) is 1. The molecule has 33 heavy (non-hydrogen) atoms. The SMILES string of the molecule is Cc1ccc(OCC(O)Cn2c(Nc3ccc(O)cc3)nc3c2c(=O)n(C)c(=O)n3C)cc1. The fraction of sp³-hybridized carbons (Fsp3) is 0.261. The molecular formula is C23H25N5O5. The summed E-state index contributed by atoms with van der Waals surface area (Å²) in [5.41, 5.74) is 1.05. The van der Waals surface area contributed by atoms with Crippen LogP contribution in [-0.2, 0) is 20.6 Å². The summed E-state index contributed by atoms with van der Waals surface area (Å²) in [5, 5.41) is 23.3. The molecule has 0 aliphatic rings. The first-order chi connectivity index (χ1) is 15.7. The number of aryl methyl sites for hydroxylation is 2. The van der Waals surface area contributed by atoms with E-state index in [2.05, 4.69) is 10.3 Å². The van der Waals surface area contributed by atoms with E-state index in [9.17, 15) is 19.8 Å². The van der Waals surface area contributed by atoms with Gasteiger partial charge in [0.25, 0.3) is 5.56 Å². The summed E-state index contributed by atoms with van der Waals surface area (Å²) in [6, 6.07) is 13.8. The Labute approximate surface area is 188 Å². The molecule has 4 rings (SSSR count). The van der Waals surface area contributed by atoms with E-state index in [1.165, 1.54) is 35.4 Å². The third-order valence-electron chi connectivity index (χ3n) is 5.33. The Balaban J connectivity index is 1.70. The van der Waals surface area contributed by atoms with Crippen molar-refractivity contribution < 1.29 is 14.9 Å². The minimum atomic E-state index is -0.967. The Kier molecular flexibility index (Phi) is 5.93. The quantitative estimate of drug-likeness (QED) is 0.365. The molecule has 10 heteroatoms. The number of aliphatic hydroxyl groups excluding tert-OH is 1. The molecule has 0 fully saturated rings. The third kappa shape index (κ3) is 4.46. The zero-order chi connectivity index (χ0) is 23.7. The van der Waals surface area contributed by atoms with E-state index in [4.69, 9.17) is 4.74 Å². The number of phenolic OH excluding ortho intramolecular Hbond substituents is 1. The fourth-order valence-corrected chi connectivity index (χ4v) is 3.48. The average molecular weight is 451 g/mol. The number of nitrogens with zero attached hydrogens (tertiary/aromatic N) is 4. The van der Waals surface area contributed by atoms with Gasteiger partial charge < -0.3 is 24.8 Å². The van der Waals surface area contributed by atoms with Crippen molar-refractivity contribution in [2.75, 3.05) is 11.9 Å². The Hall–Kier alpha value is -4.05. The van der Waals surface area contributed by atoms with Crippen molar-refractivity contribution in [3.05, 3.63) is 74.9 Å². The molecular weight excluding hydrogens is 426 g/mol. The van der Waals surface area contributed by atoms with Gasteiger partial charge in [-0.1, -0.05) is 17.7 Å². The highest BCUT2D eigenvalue weighted by Crippen LogP contribution is 2.22. The second kappa shape index (κ2) is 8.83. The number of hydrogen-bond donors (Lipinski definition) is 3. The van der Waals surface area contributed by atoms with Gasteiger partial charge in [-0.2, -0.15) is 4.98 Å². The number of phenols is 1. The van der Waals surface area contributed by atoms with Crippen LogP contribution in [0.2, 0.25) is 0 Å². The number of anilines is 2. The first-order valence-corrected chi connectivity index (χ1v) is 10.3. The van der Waals surface area contributed by atoms with Crippen LogP contribution >= 0.6 is 0 Å². The Morgan fingerprint density at radius 2 is 1.70 bits per heavy atom. The summed E-state index contributed by atoms with van der Waals surface area (Å²) < 4.78 is 9.50. The highest BCUT2D eigenvalue weighted by atomic mass is 16.5. The molecule has 2 aromatic carbocycles. The van der Waals surface area contributed by atoms with E-state index in [0.29, 0.717) is 11.4 Å². The standard InChI is InChI=1S/C23H25N5O5/c1-14-4-10-18(11-5-14)33-13-17(30)12-28-19-20(26(2)23(32)27(3)21(19)31)25-22(28)24-15-6-8-16(29)9-7-15/h4-11,17,29-30H,12-13H2,1-3H3,(H,24,25). The summed E-state index contributed by atoms with van der Waals surface area (Å²) in [7, 11) is 2.92. The third-order valence-corrected chi connectivity index (χ3v) is 5.33. The topological polar surface area (TPSA) is 124 Å². The van der Waals surface area contributed by atoms with Crippen molar-refractivity contribution in [2.24, 2.45) is 14.1 Å². The van der Waals surface area contributed by atoms with E-state index in [1.807, 2.05) is 31.2 Å². The van der Waals surface area contributed by atoms with Gasteiger partial charge in [-0.05, 0) is 43.3 Å². The smallest absolute Gasteiger partial charge is 0.332 e. The number of hydrogen-bond acceptors (Lipinski definition) is 7. The molecule has 0 saturated carbocycles. The lowest BCUT2D eigenvalue weighted by atomic mass is 10.2. The molecule has 3 N–H and O–H groups in total. The van der Waals surface area contributed by atoms with Crippen molar-refractivity contribution >= 4 is 22.8 Å². The minimum absolute atomic E-state index is 0.00375. The molecule has 1 unspecified atom stereocenters. The van der Waals surface area contributed by atoms with Gasteiger partial charge in [0.2, 0.25) is 5.95 Å². The van der Waals surface area contributed by atoms with Gasteiger partial charge in [0.1, 0.15) is 24.2 Å². The lowest BCUT2D eigenvalue weighted by molar-refractivity contribution is 0.0938. The summed E-state index contributed by atoms with van der Waals surface area (Å²) in [6.45, 7) is 1.96. The van der Waals surface area contributed by atoms with Crippen molar-refractivity contribution in [3.63, 3.8) is 0 Å². The molecule has 0 bridgehead atoms. The number of aromatic nitrogens is 4. The van der Waals surface area contributed by atoms with Gasteiger partial charge >= 0.3 is 5.69 Å². The zero-order valence-electron chi connectivity index (χ0n) is 18.5. The summed E-state index contributed by atoms with van der Waals surface area (Å²) >= 11 is 0. The van der Waals surface area contributed by atoms with E-state index < -0.39 is 17.4 Å². The molecule has 0 aliphatic carbocycles. The van der Waals surface area contributed by atoms with Crippen LogP contribution in [0, 0.1) is 6.92 Å². The highest BCUT2D eigenvalue weighted by molar-refractivity contribution is 5.75. The Bertz CT molecular complexity index is 1400. The number of imidazole rings is 1. The molecule has 0 aliphatic heterocycles. The summed E-state index contributed by atoms with van der Waals surface area (Å²) in [5.74, 6) is 0.994. The predicted molar refractivity (Wildman–Crippen MR) is 124 cm³/mol. The van der Waals surface area contributed by atoms with Crippen LogP contribution in [0.3, 0.4) is 0 Å². The number of fused-ring (bicyclic) bond motifs is 1. The van der Waals surface area contributed by atoms with Gasteiger partial charge in [-0.15, -0.1) is 0 Å². The maximum Gasteiger partial charge on any atom is 0.332 e. The van der Waals surface area contributed by atoms with Crippen molar-refractivity contribution in [2.45, 2.75) is 19.6 Å². The lowest BCUT2D eigenvalue weighted by Crippen LogP contribution is -2.38. The van der Waals surface area contributed by atoms with Crippen molar-refractivity contribution in [1.29, 1.82) is 0 Å². The minimum Gasteiger partial charge on any atom is -0.508 e. The molecule has 0 amide bonds. The largest absolute Gasteiger partial charge is 0.508 e. The molecule has 2 heterocycles. The zero-order valence-corrected chi connectivity index (χ0v) is 18.5. The molecule has 10 nitrogen and oxygen atoms in total. The van der Waals surface area contributed by atoms with Gasteiger partial charge in [-0.3, -0.25) is 13.9 Å². The Morgan fingerprint density at radius 1 is 1.03 bits per heavy atom. The number of ether oxygens (including phenoxy) is 1. The average Bonchev–Trinajstić information content (AvgIpc) is 3.15. The van der Waals surface area contributed by atoms with Crippen LogP contribution in [0.1, 0.15) is 5.56 Å². The normalized spacial score (nSPS) is 12.1. The fourth-order valence-electron chi connectivity index (χ4n) is 3.48. The van der Waals surface area contributed by atoms with Crippen LogP contribution < -0.4 is 21.3 Å². The molecule has 1 atom stereocenters. The molecule has 172 valence electrons. The van der Waals surface area contributed by atoms with E-state index in [-0.39, 0.29) is 36.0 Å². The van der Waals surface area contributed by atoms with Gasteiger partial charge in [0.05, 0.1) is 6.54 Å². The Morgan fingerprint density at radius 3 is 2.36 bits per heavy atom. The maximum absolute atomic E-state index is 12.9. The summed E-state index contributed by atoms with van der Waals surface area (Å²) in [6.07, 6.45) is -0.967. The molecule has 2 aromatic heterocycles. The predicted octanol–water partition coefficient (Wildman–Crippen LogP) is 1.63. The van der Waals surface area contributed by atoms with E-state index in [0.717, 1.165) is 10.1 Å². The lowest BCUT2D eigenvalue weighted by Gasteiger charge is -2.16. The van der Waals surface area contributed by atoms with Gasteiger partial charge in [0.15, 0.2) is 11.2 Å². The van der Waals surface area contributed by atoms with Crippen LogP contribution in [-0.4, -0.2) is 41.6 Å². The second-order valence-corrected chi connectivity index (χ2v) is 7.87.